The van der Waals surface area contributed by atoms with Gasteiger partial charge in [-0.25, -0.2) is 0 Å². The summed E-state index contributed by atoms with van der Waals surface area (Å²) in [7, 11) is 1.91. The average Bonchev–Trinajstić information content (AvgIpc) is 3.16. The van der Waals surface area contributed by atoms with E-state index in [1.807, 2.05) is 23.9 Å². The molecule has 1 aliphatic heterocycles. The quantitative estimate of drug-likeness (QED) is 0.857. The number of aryl methyl sites for hydroxylation is 1. The van der Waals surface area contributed by atoms with Crippen LogP contribution in [-0.4, -0.2) is 22.6 Å². The lowest BCUT2D eigenvalue weighted by atomic mass is 10.0. The summed E-state index contributed by atoms with van der Waals surface area (Å²) >= 11 is 0. The lowest BCUT2D eigenvalue weighted by Crippen LogP contribution is -2.23. The third kappa shape index (κ3) is 2.72. The van der Waals surface area contributed by atoms with Gasteiger partial charge in [-0.05, 0) is 50.0 Å². The maximum absolute atomic E-state index is 9.04. The zero-order chi connectivity index (χ0) is 14.8. The average molecular weight is 279 g/mol. The highest BCUT2D eigenvalue weighted by Gasteiger charge is 2.19. The lowest BCUT2D eigenvalue weighted by Gasteiger charge is -2.24. The van der Waals surface area contributed by atoms with Gasteiger partial charge in [-0.1, -0.05) is 24.3 Å². The van der Waals surface area contributed by atoms with Crippen LogP contribution >= 0.6 is 0 Å². The van der Waals surface area contributed by atoms with Crippen molar-refractivity contribution in [3.05, 3.63) is 47.8 Å². The third-order valence-electron chi connectivity index (χ3n) is 4.53. The van der Waals surface area contributed by atoms with Gasteiger partial charge in [0.15, 0.2) is 0 Å². The molecule has 0 aliphatic carbocycles. The Hall–Kier alpha value is -2.05. The lowest BCUT2D eigenvalue weighted by molar-refractivity contribution is 0.263. The molecule has 1 aromatic heterocycles. The van der Waals surface area contributed by atoms with Gasteiger partial charge >= 0.3 is 0 Å². The maximum Gasteiger partial charge on any atom is 0.120 e. The molecule has 0 unspecified atom stereocenters. The zero-order valence-corrected chi connectivity index (χ0v) is 12.7. The number of benzene rings is 1. The van der Waals surface area contributed by atoms with E-state index in [0.717, 1.165) is 5.56 Å². The van der Waals surface area contributed by atoms with E-state index in [2.05, 4.69) is 42.2 Å². The second kappa shape index (κ2) is 5.75. The first kappa shape index (κ1) is 13.9. The number of hydrogen-bond acceptors (Lipinski definition) is 2. The molecular weight excluding hydrogens is 258 g/mol. The summed E-state index contributed by atoms with van der Waals surface area (Å²) in [6.45, 7) is 4.72. The van der Waals surface area contributed by atoms with Crippen LogP contribution < -0.4 is 0 Å². The van der Waals surface area contributed by atoms with Gasteiger partial charge in [0.25, 0.3) is 0 Å². The van der Waals surface area contributed by atoms with Gasteiger partial charge in [0.1, 0.15) is 11.8 Å². The Labute approximate surface area is 126 Å². The Kier molecular flexibility index (Phi) is 3.81. The SMILES string of the molecule is C[C@H](c1ccc(-c2cc(C#N)n(C)c2)cc1)N1CCCC1. The van der Waals surface area contributed by atoms with Crippen molar-refractivity contribution in [2.45, 2.75) is 25.8 Å². The van der Waals surface area contributed by atoms with Crippen molar-refractivity contribution in [3.63, 3.8) is 0 Å². The molecule has 0 amide bonds. The fourth-order valence-corrected chi connectivity index (χ4v) is 3.13. The predicted molar refractivity (Wildman–Crippen MR) is 84.8 cm³/mol. The monoisotopic (exact) mass is 279 g/mol. The molecule has 1 aromatic carbocycles. The standard InChI is InChI=1S/C18H21N3/c1-14(21-9-3-4-10-21)15-5-7-16(8-6-15)17-11-18(12-19)20(2)13-17/h5-8,11,13-14H,3-4,9-10H2,1-2H3/t14-/m1/s1. The molecule has 1 fully saturated rings. The molecule has 0 spiro atoms. The van der Waals surface area contributed by atoms with E-state index >= 15 is 0 Å². The molecule has 2 aromatic rings. The summed E-state index contributed by atoms with van der Waals surface area (Å²) in [4.78, 5) is 2.55. The van der Waals surface area contributed by atoms with Crippen LogP contribution in [0.25, 0.3) is 11.1 Å². The second-order valence-corrected chi connectivity index (χ2v) is 5.88. The number of rotatable bonds is 3. The van der Waals surface area contributed by atoms with E-state index in [4.69, 9.17) is 5.26 Å². The van der Waals surface area contributed by atoms with Crippen molar-refractivity contribution >= 4 is 0 Å². The van der Waals surface area contributed by atoms with Crippen molar-refractivity contribution in [1.29, 1.82) is 5.26 Å². The Balaban J connectivity index is 1.81. The zero-order valence-electron chi connectivity index (χ0n) is 12.7. The fourth-order valence-electron chi connectivity index (χ4n) is 3.13. The van der Waals surface area contributed by atoms with Gasteiger partial charge in [-0.2, -0.15) is 5.26 Å². The highest BCUT2D eigenvalue weighted by molar-refractivity contribution is 5.65. The van der Waals surface area contributed by atoms with E-state index in [0.29, 0.717) is 11.7 Å². The minimum absolute atomic E-state index is 0.493. The van der Waals surface area contributed by atoms with Gasteiger partial charge < -0.3 is 4.57 Å². The van der Waals surface area contributed by atoms with Crippen LogP contribution in [0.2, 0.25) is 0 Å². The number of aromatic nitrogens is 1. The highest BCUT2D eigenvalue weighted by atomic mass is 15.2. The minimum atomic E-state index is 0.493. The smallest absolute Gasteiger partial charge is 0.120 e. The summed E-state index contributed by atoms with van der Waals surface area (Å²) in [6, 6.07) is 13.4. The first-order valence-electron chi connectivity index (χ1n) is 7.60. The van der Waals surface area contributed by atoms with Crippen molar-refractivity contribution < 1.29 is 0 Å². The summed E-state index contributed by atoms with van der Waals surface area (Å²) in [5, 5.41) is 9.04. The van der Waals surface area contributed by atoms with E-state index in [1.54, 1.807) is 0 Å². The Bertz CT molecular complexity index is 655. The summed E-state index contributed by atoms with van der Waals surface area (Å²) in [5.41, 5.74) is 4.34. The van der Waals surface area contributed by atoms with Gasteiger partial charge in [0.05, 0.1) is 0 Å². The van der Waals surface area contributed by atoms with Crippen LogP contribution in [0.5, 0.6) is 0 Å². The molecule has 1 saturated heterocycles. The van der Waals surface area contributed by atoms with Crippen LogP contribution in [0, 0.1) is 11.3 Å². The molecule has 3 nitrogen and oxygen atoms in total. The molecule has 0 saturated carbocycles. The first-order chi connectivity index (χ1) is 10.2. The molecule has 1 atom stereocenters. The molecule has 0 radical (unpaired) electrons. The molecule has 108 valence electrons. The van der Waals surface area contributed by atoms with Gasteiger partial charge in [0, 0.05) is 24.8 Å². The van der Waals surface area contributed by atoms with Gasteiger partial charge in [0.2, 0.25) is 0 Å². The van der Waals surface area contributed by atoms with Gasteiger partial charge in [-0.3, -0.25) is 4.90 Å². The first-order valence-corrected chi connectivity index (χ1v) is 7.60. The molecule has 0 N–H and O–H groups in total. The van der Waals surface area contributed by atoms with Crippen LogP contribution in [-0.2, 0) is 7.05 Å². The molecular formula is C18H21N3. The summed E-state index contributed by atoms with van der Waals surface area (Å²) < 4.78 is 1.87. The van der Waals surface area contributed by atoms with Crippen molar-refractivity contribution in [2.75, 3.05) is 13.1 Å². The van der Waals surface area contributed by atoms with E-state index in [9.17, 15) is 0 Å². The van der Waals surface area contributed by atoms with E-state index in [-0.39, 0.29) is 0 Å². The Morgan fingerprint density at radius 1 is 1.10 bits per heavy atom. The van der Waals surface area contributed by atoms with Crippen LogP contribution in [0.1, 0.15) is 37.1 Å². The number of hydrogen-bond donors (Lipinski definition) is 0. The molecule has 21 heavy (non-hydrogen) atoms. The normalized spacial score (nSPS) is 16.8. The van der Waals surface area contributed by atoms with E-state index < -0.39 is 0 Å². The van der Waals surface area contributed by atoms with Gasteiger partial charge in [-0.15, -0.1) is 0 Å². The number of likely N-dealkylation sites (tertiary alicyclic amines) is 1. The van der Waals surface area contributed by atoms with Crippen LogP contribution in [0.3, 0.4) is 0 Å². The molecule has 3 heteroatoms. The minimum Gasteiger partial charge on any atom is -0.342 e. The van der Waals surface area contributed by atoms with Crippen molar-refractivity contribution in [2.24, 2.45) is 7.05 Å². The Morgan fingerprint density at radius 3 is 2.33 bits per heavy atom. The maximum atomic E-state index is 9.04. The van der Waals surface area contributed by atoms with Crippen molar-refractivity contribution in [3.8, 4) is 17.2 Å². The number of nitrogens with zero attached hydrogens (tertiary/aromatic N) is 3. The summed E-state index contributed by atoms with van der Waals surface area (Å²) in [5.74, 6) is 0. The molecule has 3 rings (SSSR count). The molecule has 0 bridgehead atoms. The molecule has 2 heterocycles. The Morgan fingerprint density at radius 2 is 1.76 bits per heavy atom. The van der Waals surface area contributed by atoms with Crippen LogP contribution in [0.4, 0.5) is 0 Å². The largest absolute Gasteiger partial charge is 0.342 e. The summed E-state index contributed by atoms with van der Waals surface area (Å²) in [6.07, 6.45) is 4.66. The predicted octanol–water partition coefficient (Wildman–Crippen LogP) is 3.72. The highest BCUT2D eigenvalue weighted by Crippen LogP contribution is 2.27. The topological polar surface area (TPSA) is 32.0 Å². The van der Waals surface area contributed by atoms with Crippen molar-refractivity contribution in [1.82, 2.24) is 9.47 Å². The van der Waals surface area contributed by atoms with Crippen LogP contribution in [0.15, 0.2) is 36.5 Å². The molecule has 1 aliphatic rings. The number of nitriles is 1. The third-order valence-corrected chi connectivity index (χ3v) is 4.53. The second-order valence-electron chi connectivity index (χ2n) is 5.88. The van der Waals surface area contributed by atoms with E-state index in [1.165, 1.54) is 37.1 Å². The fraction of sp³-hybridized carbons (Fsp3) is 0.389.